The number of oxazole rings is 1. The van der Waals surface area contributed by atoms with E-state index in [4.69, 9.17) is 20.8 Å². The van der Waals surface area contributed by atoms with Gasteiger partial charge in [0.15, 0.2) is 6.61 Å². The average molecular weight is 325 g/mol. The molecule has 22 heavy (non-hydrogen) atoms. The molecule has 0 aromatic carbocycles. The van der Waals surface area contributed by atoms with Crippen LogP contribution in [0.15, 0.2) is 22.9 Å². The topological polar surface area (TPSA) is 89.3 Å². The van der Waals surface area contributed by atoms with Crippen LogP contribution in [-0.4, -0.2) is 29.0 Å². The molecule has 2 N–H and O–H groups in total. The maximum atomic E-state index is 11.4. The largest absolute Gasteiger partial charge is 0.482 e. The summed E-state index contributed by atoms with van der Waals surface area (Å²) in [5.74, 6) is 1.99. The lowest BCUT2D eigenvalue weighted by Crippen LogP contribution is -2.29. The Balaban J connectivity index is 1.95. The first kappa shape index (κ1) is 16.1. The molecule has 0 saturated heterocycles. The number of aromatic nitrogens is 2. The normalized spacial score (nSPS) is 10.3. The van der Waals surface area contributed by atoms with Crippen LogP contribution in [0, 0.1) is 6.92 Å². The van der Waals surface area contributed by atoms with Crippen LogP contribution in [-0.2, 0) is 11.4 Å². The van der Waals surface area contributed by atoms with Gasteiger partial charge in [-0.3, -0.25) is 4.79 Å². The summed E-state index contributed by atoms with van der Waals surface area (Å²) in [4.78, 5) is 19.5. The van der Waals surface area contributed by atoms with Crippen molar-refractivity contribution in [2.45, 2.75) is 20.5 Å². The number of hydrogen-bond donors (Lipinski definition) is 2. The van der Waals surface area contributed by atoms with Gasteiger partial charge >= 0.3 is 0 Å². The fraction of sp³-hybridized carbons (Fsp3) is 0.357. The third-order valence-corrected chi connectivity index (χ3v) is 2.93. The Bertz CT molecular complexity index is 645. The zero-order valence-electron chi connectivity index (χ0n) is 12.4. The summed E-state index contributed by atoms with van der Waals surface area (Å²) in [6.45, 7) is 4.53. The van der Waals surface area contributed by atoms with E-state index in [0.29, 0.717) is 34.8 Å². The summed E-state index contributed by atoms with van der Waals surface area (Å²) in [6.07, 6.45) is 3.07. The van der Waals surface area contributed by atoms with Crippen molar-refractivity contribution in [1.82, 2.24) is 15.3 Å². The summed E-state index contributed by atoms with van der Waals surface area (Å²) in [6, 6.07) is 1.62. The van der Waals surface area contributed by atoms with Crippen LogP contribution in [0.1, 0.15) is 18.6 Å². The average Bonchev–Trinajstić information content (AvgIpc) is 2.91. The molecule has 1 amide bonds. The van der Waals surface area contributed by atoms with E-state index in [9.17, 15) is 4.79 Å². The number of pyridine rings is 1. The van der Waals surface area contributed by atoms with E-state index in [1.54, 1.807) is 19.2 Å². The number of halogens is 1. The van der Waals surface area contributed by atoms with Gasteiger partial charge in [-0.25, -0.2) is 9.97 Å². The fourth-order valence-electron chi connectivity index (χ4n) is 1.67. The Kier molecular flexibility index (Phi) is 5.60. The van der Waals surface area contributed by atoms with Crippen molar-refractivity contribution in [3.63, 3.8) is 0 Å². The molecule has 2 aromatic rings. The fourth-order valence-corrected chi connectivity index (χ4v) is 1.82. The van der Waals surface area contributed by atoms with Gasteiger partial charge in [-0.1, -0.05) is 11.6 Å². The van der Waals surface area contributed by atoms with Gasteiger partial charge in [-0.05, 0) is 13.8 Å². The highest BCUT2D eigenvalue weighted by Crippen LogP contribution is 2.26. The lowest BCUT2D eigenvalue weighted by molar-refractivity contribution is -0.119. The number of aryl methyl sites for hydroxylation is 1. The standard InChI is InChI=1S/C14H17ClN4O3/c1-3-16-13(20)7-18-12-4-11(10(15)6-17-12)21-8-14-19-5-9(2)22-14/h4-6H,3,7-8H2,1-2H3,(H,16,20)(H,17,18). The molecule has 0 saturated carbocycles. The molecule has 0 fully saturated rings. The van der Waals surface area contributed by atoms with Gasteiger partial charge < -0.3 is 19.8 Å². The maximum Gasteiger partial charge on any atom is 0.239 e. The minimum atomic E-state index is -0.114. The zero-order valence-corrected chi connectivity index (χ0v) is 13.1. The molecule has 2 aromatic heterocycles. The van der Waals surface area contributed by atoms with Crippen molar-refractivity contribution in [3.8, 4) is 5.75 Å². The Morgan fingerprint density at radius 1 is 1.41 bits per heavy atom. The quantitative estimate of drug-likeness (QED) is 0.811. The van der Waals surface area contributed by atoms with E-state index in [-0.39, 0.29) is 19.1 Å². The number of nitrogens with one attached hydrogen (secondary N) is 2. The second-order valence-electron chi connectivity index (χ2n) is 4.46. The first-order valence-electron chi connectivity index (χ1n) is 6.78. The second kappa shape index (κ2) is 7.65. The predicted octanol–water partition coefficient (Wildman–Crippen LogP) is 2.16. The predicted molar refractivity (Wildman–Crippen MR) is 82.0 cm³/mol. The first-order valence-corrected chi connectivity index (χ1v) is 7.16. The Morgan fingerprint density at radius 2 is 2.23 bits per heavy atom. The molecule has 7 nitrogen and oxygen atoms in total. The highest BCUT2D eigenvalue weighted by Gasteiger charge is 2.08. The zero-order chi connectivity index (χ0) is 15.9. The van der Waals surface area contributed by atoms with E-state index >= 15 is 0 Å². The summed E-state index contributed by atoms with van der Waals surface area (Å²) >= 11 is 6.03. The van der Waals surface area contributed by atoms with Crippen LogP contribution >= 0.6 is 11.6 Å². The number of carbonyl (C=O) groups is 1. The Morgan fingerprint density at radius 3 is 2.91 bits per heavy atom. The van der Waals surface area contributed by atoms with E-state index in [1.165, 1.54) is 6.20 Å². The summed E-state index contributed by atoms with van der Waals surface area (Å²) in [7, 11) is 0. The number of likely N-dealkylation sites (N-methyl/N-ethyl adjacent to an activating group) is 1. The van der Waals surface area contributed by atoms with Crippen molar-refractivity contribution in [1.29, 1.82) is 0 Å². The van der Waals surface area contributed by atoms with Gasteiger partial charge in [0.25, 0.3) is 0 Å². The summed E-state index contributed by atoms with van der Waals surface area (Å²) in [5, 5.41) is 5.95. The highest BCUT2D eigenvalue weighted by molar-refractivity contribution is 6.31. The highest BCUT2D eigenvalue weighted by atomic mass is 35.5. The van der Waals surface area contributed by atoms with Crippen LogP contribution in [0.5, 0.6) is 5.75 Å². The minimum Gasteiger partial charge on any atom is -0.482 e. The Labute approximate surface area is 133 Å². The number of rotatable bonds is 7. The van der Waals surface area contributed by atoms with E-state index < -0.39 is 0 Å². The molecular formula is C14H17ClN4O3. The molecule has 0 aliphatic carbocycles. The SMILES string of the molecule is CCNC(=O)CNc1cc(OCc2ncc(C)o2)c(Cl)cn1. The maximum absolute atomic E-state index is 11.4. The van der Waals surface area contributed by atoms with Crippen LogP contribution < -0.4 is 15.4 Å². The summed E-state index contributed by atoms with van der Waals surface area (Å²) in [5.41, 5.74) is 0. The van der Waals surface area contributed by atoms with E-state index in [1.807, 2.05) is 6.92 Å². The smallest absolute Gasteiger partial charge is 0.239 e. The van der Waals surface area contributed by atoms with Gasteiger partial charge in [-0.15, -0.1) is 0 Å². The van der Waals surface area contributed by atoms with Gasteiger partial charge in [0.05, 0.1) is 18.9 Å². The first-order chi connectivity index (χ1) is 10.6. The number of anilines is 1. The number of nitrogens with zero attached hydrogens (tertiary/aromatic N) is 2. The van der Waals surface area contributed by atoms with Crippen molar-refractivity contribution in [2.24, 2.45) is 0 Å². The molecule has 0 aliphatic rings. The molecule has 0 atom stereocenters. The molecule has 8 heteroatoms. The molecular weight excluding hydrogens is 308 g/mol. The molecule has 118 valence electrons. The van der Waals surface area contributed by atoms with Gasteiger partial charge in [-0.2, -0.15) is 0 Å². The molecule has 2 heterocycles. The molecule has 0 unspecified atom stereocenters. The number of hydrogen-bond acceptors (Lipinski definition) is 6. The van der Waals surface area contributed by atoms with Crippen LogP contribution in [0.2, 0.25) is 5.02 Å². The number of ether oxygens (including phenoxy) is 1. The van der Waals surface area contributed by atoms with Crippen molar-refractivity contribution in [2.75, 3.05) is 18.4 Å². The number of amides is 1. The van der Waals surface area contributed by atoms with E-state index in [2.05, 4.69) is 20.6 Å². The van der Waals surface area contributed by atoms with Crippen molar-refractivity contribution < 1.29 is 13.9 Å². The van der Waals surface area contributed by atoms with Gasteiger partial charge in [0.1, 0.15) is 22.4 Å². The lowest BCUT2D eigenvalue weighted by atomic mass is 10.4. The monoisotopic (exact) mass is 324 g/mol. The second-order valence-corrected chi connectivity index (χ2v) is 4.87. The molecule has 2 rings (SSSR count). The molecule has 0 aliphatic heterocycles. The number of carbonyl (C=O) groups excluding carboxylic acids is 1. The summed E-state index contributed by atoms with van der Waals surface area (Å²) < 4.78 is 10.9. The molecule has 0 spiro atoms. The van der Waals surface area contributed by atoms with Crippen molar-refractivity contribution >= 4 is 23.3 Å². The van der Waals surface area contributed by atoms with Gasteiger partial charge in [0.2, 0.25) is 11.8 Å². The third-order valence-electron chi connectivity index (χ3n) is 2.64. The van der Waals surface area contributed by atoms with Crippen LogP contribution in [0.25, 0.3) is 0 Å². The lowest BCUT2D eigenvalue weighted by Gasteiger charge is -2.09. The third kappa shape index (κ3) is 4.63. The van der Waals surface area contributed by atoms with Crippen LogP contribution in [0.3, 0.4) is 0 Å². The van der Waals surface area contributed by atoms with Gasteiger partial charge in [0, 0.05) is 12.6 Å². The Hall–Kier alpha value is -2.28. The van der Waals surface area contributed by atoms with E-state index in [0.717, 1.165) is 0 Å². The van der Waals surface area contributed by atoms with Crippen LogP contribution in [0.4, 0.5) is 5.82 Å². The minimum absolute atomic E-state index is 0.114. The van der Waals surface area contributed by atoms with Crippen molar-refractivity contribution in [3.05, 3.63) is 35.1 Å². The molecule has 0 radical (unpaired) electrons. The molecule has 0 bridgehead atoms.